The Balaban J connectivity index is 1.93. The molecule has 1 aliphatic heterocycles. The number of ether oxygens (including phenoxy) is 1. The molecule has 1 fully saturated rings. The molecule has 1 heterocycles. The summed E-state index contributed by atoms with van der Waals surface area (Å²) in [6.07, 6.45) is 2.62. The summed E-state index contributed by atoms with van der Waals surface area (Å²) in [5.41, 5.74) is 2.64. The molecule has 2 rings (SSSR count). The number of nitrogens with zero attached hydrogens (tertiary/aromatic N) is 1. The fourth-order valence-electron chi connectivity index (χ4n) is 2.79. The standard InChI is InChI=1S/C16H26N2O/c1-3-18(16-5-4-10-17-11-16)12-14-6-8-15(9-7-14)13-19-2/h6-9,16-17H,3-5,10-13H2,1-2H3. The minimum atomic E-state index is 0.692. The van der Waals surface area contributed by atoms with Crippen molar-refractivity contribution >= 4 is 0 Å². The molecule has 0 saturated carbocycles. The molecule has 19 heavy (non-hydrogen) atoms. The molecule has 0 bridgehead atoms. The third-order valence-electron chi connectivity index (χ3n) is 3.91. The van der Waals surface area contributed by atoms with Gasteiger partial charge in [-0.15, -0.1) is 0 Å². The summed E-state index contributed by atoms with van der Waals surface area (Å²) in [4.78, 5) is 2.58. The van der Waals surface area contributed by atoms with E-state index < -0.39 is 0 Å². The highest BCUT2D eigenvalue weighted by atomic mass is 16.5. The molecule has 0 aliphatic carbocycles. The lowest BCUT2D eigenvalue weighted by Gasteiger charge is -2.34. The van der Waals surface area contributed by atoms with Gasteiger partial charge in [-0.1, -0.05) is 31.2 Å². The number of likely N-dealkylation sites (N-methyl/N-ethyl adjacent to an activating group) is 1. The van der Waals surface area contributed by atoms with E-state index in [1.165, 1.54) is 30.5 Å². The van der Waals surface area contributed by atoms with Crippen LogP contribution in [-0.4, -0.2) is 37.7 Å². The first-order chi connectivity index (χ1) is 9.33. The molecule has 1 atom stereocenters. The van der Waals surface area contributed by atoms with Crippen molar-refractivity contribution in [1.82, 2.24) is 10.2 Å². The molecule has 1 aromatic carbocycles. The van der Waals surface area contributed by atoms with Gasteiger partial charge in [0.25, 0.3) is 0 Å². The summed E-state index contributed by atoms with van der Waals surface area (Å²) in [5, 5.41) is 3.50. The zero-order chi connectivity index (χ0) is 13.5. The highest BCUT2D eigenvalue weighted by Gasteiger charge is 2.19. The van der Waals surface area contributed by atoms with Crippen LogP contribution in [0.25, 0.3) is 0 Å². The lowest BCUT2D eigenvalue weighted by molar-refractivity contribution is 0.166. The molecule has 0 aromatic heterocycles. The summed E-state index contributed by atoms with van der Waals surface area (Å²) < 4.78 is 5.15. The minimum Gasteiger partial charge on any atom is -0.380 e. The van der Waals surface area contributed by atoms with Gasteiger partial charge in [-0.3, -0.25) is 4.90 Å². The lowest BCUT2D eigenvalue weighted by atomic mass is 10.0. The summed E-state index contributed by atoms with van der Waals surface area (Å²) in [7, 11) is 1.74. The van der Waals surface area contributed by atoms with Crippen LogP contribution in [-0.2, 0) is 17.9 Å². The van der Waals surface area contributed by atoms with E-state index in [0.717, 1.165) is 19.6 Å². The molecular formula is C16H26N2O. The van der Waals surface area contributed by atoms with Crippen LogP contribution < -0.4 is 5.32 Å². The molecule has 0 amide bonds. The number of benzene rings is 1. The number of piperidine rings is 1. The Morgan fingerprint density at radius 2 is 2.00 bits per heavy atom. The van der Waals surface area contributed by atoms with Gasteiger partial charge in [0, 0.05) is 26.2 Å². The molecule has 1 saturated heterocycles. The largest absolute Gasteiger partial charge is 0.380 e. The van der Waals surface area contributed by atoms with Gasteiger partial charge in [-0.2, -0.15) is 0 Å². The van der Waals surface area contributed by atoms with Crippen molar-refractivity contribution in [2.45, 2.75) is 39.0 Å². The fourth-order valence-corrected chi connectivity index (χ4v) is 2.79. The highest BCUT2D eigenvalue weighted by molar-refractivity contribution is 5.22. The van der Waals surface area contributed by atoms with E-state index in [1.54, 1.807) is 7.11 Å². The molecule has 1 N–H and O–H groups in total. The Bertz CT molecular complexity index is 358. The van der Waals surface area contributed by atoms with Gasteiger partial charge >= 0.3 is 0 Å². The quantitative estimate of drug-likeness (QED) is 0.852. The molecule has 3 nitrogen and oxygen atoms in total. The molecular weight excluding hydrogens is 236 g/mol. The number of methoxy groups -OCH3 is 1. The third-order valence-corrected chi connectivity index (χ3v) is 3.91. The van der Waals surface area contributed by atoms with Gasteiger partial charge in [-0.05, 0) is 37.1 Å². The van der Waals surface area contributed by atoms with Gasteiger partial charge in [0.15, 0.2) is 0 Å². The van der Waals surface area contributed by atoms with Crippen molar-refractivity contribution in [3.05, 3.63) is 35.4 Å². The second-order valence-corrected chi connectivity index (χ2v) is 5.31. The smallest absolute Gasteiger partial charge is 0.0713 e. The molecule has 1 aromatic rings. The molecule has 106 valence electrons. The van der Waals surface area contributed by atoms with Crippen molar-refractivity contribution in [2.75, 3.05) is 26.7 Å². The Kier molecular flexibility index (Phi) is 5.83. The van der Waals surface area contributed by atoms with Crippen molar-refractivity contribution in [2.24, 2.45) is 0 Å². The number of hydrogen-bond donors (Lipinski definition) is 1. The van der Waals surface area contributed by atoms with E-state index in [0.29, 0.717) is 12.6 Å². The first kappa shape index (κ1) is 14.5. The van der Waals surface area contributed by atoms with Crippen molar-refractivity contribution in [3.63, 3.8) is 0 Å². The second-order valence-electron chi connectivity index (χ2n) is 5.31. The monoisotopic (exact) mass is 262 g/mol. The fraction of sp³-hybridized carbons (Fsp3) is 0.625. The summed E-state index contributed by atoms with van der Waals surface area (Å²) >= 11 is 0. The number of rotatable bonds is 6. The van der Waals surface area contributed by atoms with Crippen LogP contribution >= 0.6 is 0 Å². The maximum absolute atomic E-state index is 5.15. The van der Waals surface area contributed by atoms with Crippen molar-refractivity contribution in [3.8, 4) is 0 Å². The minimum absolute atomic E-state index is 0.692. The topological polar surface area (TPSA) is 24.5 Å². The molecule has 1 aliphatic rings. The Labute approximate surface area is 116 Å². The van der Waals surface area contributed by atoms with Crippen LogP contribution in [0.4, 0.5) is 0 Å². The Morgan fingerprint density at radius 3 is 2.58 bits per heavy atom. The van der Waals surface area contributed by atoms with Crippen LogP contribution in [0.1, 0.15) is 30.9 Å². The maximum atomic E-state index is 5.15. The SMILES string of the molecule is CCN(Cc1ccc(COC)cc1)C1CCCNC1. The van der Waals surface area contributed by atoms with Crippen LogP contribution in [0.2, 0.25) is 0 Å². The third kappa shape index (κ3) is 4.30. The van der Waals surface area contributed by atoms with Crippen molar-refractivity contribution in [1.29, 1.82) is 0 Å². The molecule has 0 spiro atoms. The van der Waals surface area contributed by atoms with Gasteiger partial charge in [0.2, 0.25) is 0 Å². The van der Waals surface area contributed by atoms with Crippen LogP contribution in [0.5, 0.6) is 0 Å². The van der Waals surface area contributed by atoms with E-state index in [2.05, 4.69) is 41.4 Å². The lowest BCUT2D eigenvalue weighted by Crippen LogP contribution is -2.45. The van der Waals surface area contributed by atoms with E-state index in [4.69, 9.17) is 4.74 Å². The van der Waals surface area contributed by atoms with Gasteiger partial charge in [0.1, 0.15) is 0 Å². The predicted molar refractivity (Wildman–Crippen MR) is 79.1 cm³/mol. The summed E-state index contributed by atoms with van der Waals surface area (Å²) in [6.45, 7) is 7.44. The highest BCUT2D eigenvalue weighted by Crippen LogP contribution is 2.15. The normalized spacial score (nSPS) is 19.8. The van der Waals surface area contributed by atoms with E-state index in [9.17, 15) is 0 Å². The zero-order valence-electron chi connectivity index (χ0n) is 12.2. The Hall–Kier alpha value is -0.900. The van der Waals surface area contributed by atoms with Gasteiger partial charge < -0.3 is 10.1 Å². The van der Waals surface area contributed by atoms with Gasteiger partial charge in [-0.25, -0.2) is 0 Å². The average Bonchev–Trinajstić information content (AvgIpc) is 2.48. The van der Waals surface area contributed by atoms with E-state index in [-0.39, 0.29) is 0 Å². The van der Waals surface area contributed by atoms with Crippen molar-refractivity contribution < 1.29 is 4.74 Å². The summed E-state index contributed by atoms with van der Waals surface area (Å²) in [5.74, 6) is 0. The zero-order valence-corrected chi connectivity index (χ0v) is 12.2. The maximum Gasteiger partial charge on any atom is 0.0713 e. The first-order valence-corrected chi connectivity index (χ1v) is 7.35. The first-order valence-electron chi connectivity index (χ1n) is 7.35. The van der Waals surface area contributed by atoms with E-state index >= 15 is 0 Å². The average molecular weight is 262 g/mol. The predicted octanol–water partition coefficient (Wildman–Crippen LogP) is 2.41. The Morgan fingerprint density at radius 1 is 1.26 bits per heavy atom. The van der Waals surface area contributed by atoms with Gasteiger partial charge in [0.05, 0.1) is 6.61 Å². The molecule has 3 heteroatoms. The van der Waals surface area contributed by atoms with Crippen LogP contribution in [0.15, 0.2) is 24.3 Å². The van der Waals surface area contributed by atoms with Crippen LogP contribution in [0, 0.1) is 0 Å². The number of hydrogen-bond acceptors (Lipinski definition) is 3. The van der Waals surface area contributed by atoms with Crippen LogP contribution in [0.3, 0.4) is 0 Å². The second kappa shape index (κ2) is 7.63. The van der Waals surface area contributed by atoms with E-state index in [1.807, 2.05) is 0 Å². The number of nitrogens with one attached hydrogen (secondary N) is 1. The molecule has 1 unspecified atom stereocenters. The summed E-state index contributed by atoms with van der Waals surface area (Å²) in [6, 6.07) is 9.50. The molecule has 0 radical (unpaired) electrons.